The lowest BCUT2D eigenvalue weighted by molar-refractivity contribution is -0.116. The molecule has 1 fully saturated rings. The highest BCUT2D eigenvalue weighted by Gasteiger charge is 2.16. The summed E-state index contributed by atoms with van der Waals surface area (Å²) in [5, 5.41) is 14.5. The predicted molar refractivity (Wildman–Crippen MR) is 74.2 cm³/mol. The zero-order chi connectivity index (χ0) is 13.8. The SMILES string of the molecule is O=C(Cn1cccn1)Nc1cnn(C2CCNCC2)c1. The highest BCUT2D eigenvalue weighted by molar-refractivity contribution is 5.90. The van der Waals surface area contributed by atoms with Gasteiger partial charge in [0.1, 0.15) is 6.54 Å². The number of amides is 1. The van der Waals surface area contributed by atoms with E-state index in [9.17, 15) is 4.79 Å². The van der Waals surface area contributed by atoms with Gasteiger partial charge >= 0.3 is 0 Å². The average molecular weight is 274 g/mol. The second kappa shape index (κ2) is 5.87. The first-order chi connectivity index (χ1) is 9.81. The molecule has 0 saturated carbocycles. The molecule has 2 aromatic rings. The standard InChI is InChI=1S/C13H18N6O/c20-13(10-18-7-1-4-15-18)17-11-8-16-19(9-11)12-2-5-14-6-3-12/h1,4,7-9,12,14H,2-3,5-6,10H2,(H,17,20). The van der Waals surface area contributed by atoms with Crippen LogP contribution in [0.4, 0.5) is 5.69 Å². The van der Waals surface area contributed by atoms with E-state index in [0.29, 0.717) is 6.04 Å². The summed E-state index contributed by atoms with van der Waals surface area (Å²) < 4.78 is 3.54. The van der Waals surface area contributed by atoms with Crippen molar-refractivity contribution >= 4 is 11.6 Å². The van der Waals surface area contributed by atoms with Gasteiger partial charge in [0, 0.05) is 18.6 Å². The Morgan fingerprint density at radius 2 is 2.25 bits per heavy atom. The van der Waals surface area contributed by atoms with Crippen molar-refractivity contribution in [1.82, 2.24) is 24.9 Å². The Hall–Kier alpha value is -2.15. The third-order valence-corrected chi connectivity index (χ3v) is 3.43. The Bertz CT molecular complexity index is 555. The van der Waals surface area contributed by atoms with Gasteiger partial charge in [-0.3, -0.25) is 14.2 Å². The molecule has 0 bridgehead atoms. The van der Waals surface area contributed by atoms with Crippen LogP contribution >= 0.6 is 0 Å². The summed E-state index contributed by atoms with van der Waals surface area (Å²) in [4.78, 5) is 11.8. The van der Waals surface area contributed by atoms with Crippen molar-refractivity contribution in [3.63, 3.8) is 0 Å². The van der Waals surface area contributed by atoms with Gasteiger partial charge in [-0.05, 0) is 32.0 Å². The van der Waals surface area contributed by atoms with Crippen LogP contribution in [0.5, 0.6) is 0 Å². The molecule has 2 N–H and O–H groups in total. The summed E-state index contributed by atoms with van der Waals surface area (Å²) in [5.41, 5.74) is 0.737. The van der Waals surface area contributed by atoms with Crippen LogP contribution in [0, 0.1) is 0 Å². The average Bonchev–Trinajstić information content (AvgIpc) is 3.11. The Balaban J connectivity index is 1.57. The van der Waals surface area contributed by atoms with Gasteiger partial charge in [-0.25, -0.2) is 0 Å². The summed E-state index contributed by atoms with van der Waals surface area (Å²) in [6.07, 6.45) is 9.16. The molecular formula is C13H18N6O. The topological polar surface area (TPSA) is 76.8 Å². The van der Waals surface area contributed by atoms with Crippen molar-refractivity contribution in [2.24, 2.45) is 0 Å². The predicted octanol–water partition coefficient (Wildman–Crippen LogP) is 0.643. The molecule has 0 spiro atoms. The summed E-state index contributed by atoms with van der Waals surface area (Å²) in [7, 11) is 0. The number of hydrogen-bond acceptors (Lipinski definition) is 4. The van der Waals surface area contributed by atoms with Gasteiger partial charge in [0.25, 0.3) is 0 Å². The Morgan fingerprint density at radius 3 is 3.00 bits per heavy atom. The van der Waals surface area contributed by atoms with Crippen molar-refractivity contribution in [3.8, 4) is 0 Å². The van der Waals surface area contributed by atoms with Crippen LogP contribution < -0.4 is 10.6 Å². The second-order valence-corrected chi connectivity index (χ2v) is 4.94. The van der Waals surface area contributed by atoms with E-state index >= 15 is 0 Å². The highest BCUT2D eigenvalue weighted by atomic mass is 16.2. The van der Waals surface area contributed by atoms with Crippen molar-refractivity contribution < 1.29 is 4.79 Å². The molecule has 3 rings (SSSR count). The number of anilines is 1. The minimum atomic E-state index is -0.0986. The number of nitrogens with one attached hydrogen (secondary N) is 2. The monoisotopic (exact) mass is 274 g/mol. The number of hydrogen-bond donors (Lipinski definition) is 2. The molecule has 1 aliphatic rings. The van der Waals surface area contributed by atoms with E-state index in [4.69, 9.17) is 0 Å². The van der Waals surface area contributed by atoms with Crippen molar-refractivity contribution in [2.45, 2.75) is 25.4 Å². The zero-order valence-electron chi connectivity index (χ0n) is 11.2. The minimum absolute atomic E-state index is 0.0986. The number of rotatable bonds is 4. The maximum absolute atomic E-state index is 11.8. The number of nitrogens with zero attached hydrogens (tertiary/aromatic N) is 4. The van der Waals surface area contributed by atoms with Crippen molar-refractivity contribution in [1.29, 1.82) is 0 Å². The molecular weight excluding hydrogens is 256 g/mol. The van der Waals surface area contributed by atoms with E-state index in [0.717, 1.165) is 31.6 Å². The summed E-state index contributed by atoms with van der Waals surface area (Å²) >= 11 is 0. The van der Waals surface area contributed by atoms with Gasteiger partial charge in [-0.2, -0.15) is 10.2 Å². The molecule has 1 amide bonds. The number of carbonyl (C=O) groups excluding carboxylic acids is 1. The van der Waals surface area contributed by atoms with Crippen LogP contribution in [0.15, 0.2) is 30.9 Å². The van der Waals surface area contributed by atoms with Gasteiger partial charge in [-0.1, -0.05) is 0 Å². The molecule has 0 radical (unpaired) electrons. The molecule has 7 heteroatoms. The summed E-state index contributed by atoms with van der Waals surface area (Å²) in [6.45, 7) is 2.25. The van der Waals surface area contributed by atoms with Crippen LogP contribution in [-0.4, -0.2) is 38.6 Å². The molecule has 1 aliphatic heterocycles. The van der Waals surface area contributed by atoms with E-state index in [2.05, 4.69) is 20.8 Å². The van der Waals surface area contributed by atoms with E-state index < -0.39 is 0 Å². The van der Waals surface area contributed by atoms with Crippen LogP contribution in [0.2, 0.25) is 0 Å². The maximum Gasteiger partial charge on any atom is 0.246 e. The molecule has 0 unspecified atom stereocenters. The summed E-state index contributed by atoms with van der Waals surface area (Å²) in [5.74, 6) is -0.0986. The minimum Gasteiger partial charge on any atom is -0.322 e. The molecule has 106 valence electrons. The molecule has 2 aromatic heterocycles. The molecule has 7 nitrogen and oxygen atoms in total. The quantitative estimate of drug-likeness (QED) is 0.858. The molecule has 0 atom stereocenters. The smallest absolute Gasteiger partial charge is 0.246 e. The van der Waals surface area contributed by atoms with E-state index in [-0.39, 0.29) is 12.5 Å². The van der Waals surface area contributed by atoms with Gasteiger partial charge in [0.05, 0.1) is 17.9 Å². The van der Waals surface area contributed by atoms with E-state index in [1.807, 2.05) is 10.9 Å². The lowest BCUT2D eigenvalue weighted by Gasteiger charge is -2.22. The molecule has 0 aromatic carbocycles. The zero-order valence-corrected chi connectivity index (χ0v) is 11.2. The van der Waals surface area contributed by atoms with Crippen molar-refractivity contribution in [3.05, 3.63) is 30.9 Å². The maximum atomic E-state index is 11.8. The fraction of sp³-hybridized carbons (Fsp3) is 0.462. The van der Waals surface area contributed by atoms with Gasteiger partial charge < -0.3 is 10.6 Å². The molecule has 20 heavy (non-hydrogen) atoms. The highest BCUT2D eigenvalue weighted by Crippen LogP contribution is 2.19. The first kappa shape index (κ1) is 12.9. The normalized spacial score (nSPS) is 16.2. The number of piperidine rings is 1. The van der Waals surface area contributed by atoms with Gasteiger partial charge in [-0.15, -0.1) is 0 Å². The fourth-order valence-corrected chi connectivity index (χ4v) is 2.42. The van der Waals surface area contributed by atoms with Gasteiger partial charge in [0.2, 0.25) is 5.91 Å². The fourth-order valence-electron chi connectivity index (χ4n) is 2.42. The van der Waals surface area contributed by atoms with Crippen LogP contribution in [0.1, 0.15) is 18.9 Å². The van der Waals surface area contributed by atoms with Crippen molar-refractivity contribution in [2.75, 3.05) is 18.4 Å². The van der Waals surface area contributed by atoms with Crippen LogP contribution in [-0.2, 0) is 11.3 Å². The first-order valence-corrected chi connectivity index (χ1v) is 6.83. The van der Waals surface area contributed by atoms with E-state index in [1.165, 1.54) is 0 Å². The molecule has 0 aliphatic carbocycles. The Morgan fingerprint density at radius 1 is 1.40 bits per heavy atom. The number of aromatic nitrogens is 4. The Kier molecular flexibility index (Phi) is 3.78. The van der Waals surface area contributed by atoms with E-state index in [1.54, 1.807) is 29.3 Å². The third kappa shape index (κ3) is 3.05. The first-order valence-electron chi connectivity index (χ1n) is 6.83. The van der Waals surface area contributed by atoms with Gasteiger partial charge in [0.15, 0.2) is 0 Å². The number of carbonyl (C=O) groups is 1. The molecule has 3 heterocycles. The third-order valence-electron chi connectivity index (χ3n) is 3.43. The lowest BCUT2D eigenvalue weighted by Crippen LogP contribution is -2.29. The van der Waals surface area contributed by atoms with Crippen LogP contribution in [0.25, 0.3) is 0 Å². The lowest BCUT2D eigenvalue weighted by atomic mass is 10.1. The second-order valence-electron chi connectivity index (χ2n) is 4.94. The largest absolute Gasteiger partial charge is 0.322 e. The molecule has 1 saturated heterocycles. The summed E-state index contributed by atoms with van der Waals surface area (Å²) in [6, 6.07) is 2.22. The Labute approximate surface area is 117 Å². The van der Waals surface area contributed by atoms with Crippen LogP contribution in [0.3, 0.4) is 0 Å².